The first-order valence-corrected chi connectivity index (χ1v) is 11.0. The van der Waals surface area contributed by atoms with Gasteiger partial charge in [-0.1, -0.05) is 20.8 Å². The molecule has 0 saturated heterocycles. The lowest BCUT2D eigenvalue weighted by atomic mass is 9.44. The molecular weight excluding hydrogens is 324 g/mol. The van der Waals surface area contributed by atoms with Crippen molar-refractivity contribution in [3.63, 3.8) is 0 Å². The van der Waals surface area contributed by atoms with Crippen molar-refractivity contribution in [2.75, 3.05) is 0 Å². The van der Waals surface area contributed by atoms with Crippen molar-refractivity contribution in [1.29, 1.82) is 0 Å². The lowest BCUT2D eigenvalue weighted by molar-refractivity contribution is -0.182. The number of Topliss-reactive ketones (excluding diaryl/α,β-unsaturated/α-hetero) is 1. The molecule has 0 unspecified atom stereocenters. The number of ketones is 1. The largest absolute Gasteiger partial charge is 0.459 e. The quantitative estimate of drug-likeness (QED) is 0.627. The smallest absolute Gasteiger partial charge is 0.303 e. The molecule has 4 rings (SSSR count). The number of hydrogen-bond donors (Lipinski definition) is 0. The van der Waals surface area contributed by atoms with Crippen LogP contribution in [-0.2, 0) is 14.3 Å². The van der Waals surface area contributed by atoms with Crippen LogP contribution >= 0.6 is 0 Å². The van der Waals surface area contributed by atoms with E-state index in [9.17, 15) is 9.59 Å². The molecule has 0 N–H and O–H groups in total. The maximum absolute atomic E-state index is 12.5. The first-order valence-electron chi connectivity index (χ1n) is 11.0. The Balaban J connectivity index is 1.58. The topological polar surface area (TPSA) is 43.4 Å². The molecule has 0 radical (unpaired) electrons. The van der Waals surface area contributed by atoms with Gasteiger partial charge in [0.25, 0.3) is 0 Å². The van der Waals surface area contributed by atoms with E-state index < -0.39 is 0 Å². The van der Waals surface area contributed by atoms with Crippen molar-refractivity contribution in [1.82, 2.24) is 0 Å². The van der Waals surface area contributed by atoms with E-state index in [2.05, 4.69) is 20.8 Å². The van der Waals surface area contributed by atoms with E-state index in [0.717, 1.165) is 50.4 Å². The van der Waals surface area contributed by atoms with Crippen molar-refractivity contribution in [2.45, 2.75) is 97.5 Å². The second kappa shape index (κ2) is 6.07. The highest BCUT2D eigenvalue weighted by Gasteiger charge is 2.61. The molecule has 26 heavy (non-hydrogen) atoms. The lowest BCUT2D eigenvalue weighted by Crippen LogP contribution is -2.56. The molecule has 4 aliphatic carbocycles. The molecule has 0 heterocycles. The summed E-state index contributed by atoms with van der Waals surface area (Å²) in [6, 6.07) is 0. The molecule has 0 aliphatic heterocycles. The third kappa shape index (κ3) is 2.52. The van der Waals surface area contributed by atoms with Crippen LogP contribution < -0.4 is 0 Å². The molecule has 0 amide bonds. The van der Waals surface area contributed by atoms with Crippen LogP contribution in [0.1, 0.15) is 91.9 Å². The fourth-order valence-corrected chi connectivity index (χ4v) is 7.87. The Hall–Kier alpha value is -0.860. The fourth-order valence-electron chi connectivity index (χ4n) is 7.87. The average Bonchev–Trinajstić information content (AvgIpc) is 2.90. The summed E-state index contributed by atoms with van der Waals surface area (Å²) in [5.41, 5.74) is 0.119. The monoisotopic (exact) mass is 360 g/mol. The molecule has 146 valence electrons. The Morgan fingerprint density at radius 1 is 1.08 bits per heavy atom. The predicted molar refractivity (Wildman–Crippen MR) is 102 cm³/mol. The molecule has 4 fully saturated rings. The van der Waals surface area contributed by atoms with Gasteiger partial charge in [0.05, 0.1) is 0 Å². The van der Waals surface area contributed by atoms with Gasteiger partial charge in [0.2, 0.25) is 0 Å². The van der Waals surface area contributed by atoms with Crippen LogP contribution in [0, 0.1) is 34.5 Å². The molecule has 0 spiro atoms. The van der Waals surface area contributed by atoms with E-state index in [-0.39, 0.29) is 17.0 Å². The molecule has 3 nitrogen and oxygen atoms in total. The van der Waals surface area contributed by atoms with Crippen molar-refractivity contribution < 1.29 is 14.3 Å². The molecule has 0 aromatic rings. The van der Waals surface area contributed by atoms with Crippen molar-refractivity contribution >= 4 is 11.8 Å². The summed E-state index contributed by atoms with van der Waals surface area (Å²) in [6.45, 7) is 8.52. The highest BCUT2D eigenvalue weighted by molar-refractivity contribution is 5.87. The summed E-state index contributed by atoms with van der Waals surface area (Å²) < 4.78 is 5.87. The molecule has 4 aliphatic rings. The molecule has 0 aromatic heterocycles. The van der Waals surface area contributed by atoms with Crippen LogP contribution in [-0.4, -0.2) is 17.4 Å². The van der Waals surface area contributed by atoms with E-state index >= 15 is 0 Å². The number of rotatable bonds is 2. The van der Waals surface area contributed by atoms with Crippen LogP contribution in [0.4, 0.5) is 0 Å². The van der Waals surface area contributed by atoms with E-state index in [1.807, 2.05) is 0 Å². The second-order valence-electron chi connectivity index (χ2n) is 10.4. The minimum atomic E-state index is -0.227. The maximum atomic E-state index is 12.5. The summed E-state index contributed by atoms with van der Waals surface area (Å²) in [4.78, 5) is 24.2. The van der Waals surface area contributed by atoms with Crippen LogP contribution in [0.3, 0.4) is 0 Å². The Kier molecular flexibility index (Phi) is 4.32. The van der Waals surface area contributed by atoms with Crippen molar-refractivity contribution in [2.24, 2.45) is 34.5 Å². The molecule has 0 aromatic carbocycles. The lowest BCUT2D eigenvalue weighted by Gasteiger charge is -2.61. The van der Waals surface area contributed by atoms with Crippen LogP contribution in [0.25, 0.3) is 0 Å². The summed E-state index contributed by atoms with van der Waals surface area (Å²) in [5.74, 6) is 3.21. The van der Waals surface area contributed by atoms with Gasteiger partial charge < -0.3 is 4.74 Å². The SMILES string of the molecule is CC[C@@]1(OC(C)=O)CC[C@@]2(C)[C@@H](CC[C@H]3[C@H]2CC[C@]2(C)C(=O)CC[C@@H]32)C1. The van der Waals surface area contributed by atoms with Crippen molar-refractivity contribution in [3.05, 3.63) is 0 Å². The first kappa shape index (κ1) is 18.5. The Morgan fingerprint density at radius 2 is 1.85 bits per heavy atom. The summed E-state index contributed by atoms with van der Waals surface area (Å²) in [7, 11) is 0. The van der Waals surface area contributed by atoms with Gasteiger partial charge in [0, 0.05) is 18.8 Å². The minimum absolute atomic E-state index is 0.0239. The van der Waals surface area contributed by atoms with Crippen LogP contribution in [0.15, 0.2) is 0 Å². The van der Waals surface area contributed by atoms with Gasteiger partial charge in [-0.3, -0.25) is 9.59 Å². The number of fused-ring (bicyclic) bond motifs is 5. The zero-order valence-electron chi connectivity index (χ0n) is 17.1. The van der Waals surface area contributed by atoms with E-state index in [1.165, 1.54) is 25.7 Å². The van der Waals surface area contributed by atoms with Crippen LogP contribution in [0.5, 0.6) is 0 Å². The molecular formula is C23H36O3. The van der Waals surface area contributed by atoms with Crippen molar-refractivity contribution in [3.8, 4) is 0 Å². The molecule has 3 heteroatoms. The van der Waals surface area contributed by atoms with Gasteiger partial charge in [0.1, 0.15) is 11.4 Å². The third-order valence-electron chi connectivity index (χ3n) is 9.52. The van der Waals surface area contributed by atoms with Gasteiger partial charge >= 0.3 is 5.97 Å². The summed E-state index contributed by atoms with van der Waals surface area (Å²) in [5, 5.41) is 0. The minimum Gasteiger partial charge on any atom is -0.459 e. The first-order chi connectivity index (χ1) is 12.2. The molecule has 0 bridgehead atoms. The third-order valence-corrected chi connectivity index (χ3v) is 9.52. The number of ether oxygens (including phenoxy) is 1. The van der Waals surface area contributed by atoms with Gasteiger partial charge in [-0.25, -0.2) is 0 Å². The molecule has 4 saturated carbocycles. The van der Waals surface area contributed by atoms with E-state index in [4.69, 9.17) is 4.74 Å². The van der Waals surface area contributed by atoms with Gasteiger partial charge in [-0.15, -0.1) is 0 Å². The zero-order chi connectivity index (χ0) is 18.7. The van der Waals surface area contributed by atoms with Gasteiger partial charge in [-0.2, -0.15) is 0 Å². The Labute approximate surface area is 158 Å². The zero-order valence-corrected chi connectivity index (χ0v) is 17.1. The standard InChI is InChI=1S/C23H36O3/c1-5-23(26-15(2)24)13-12-21(3)16(14-23)6-7-17-18-8-9-20(25)22(18,4)11-10-19(17)21/h16-19H,5-14H2,1-4H3/t16-,17+,18-,19+,21-,22-,23+/m0/s1. The molecule has 7 atom stereocenters. The fraction of sp³-hybridized carbons (Fsp3) is 0.913. The maximum Gasteiger partial charge on any atom is 0.303 e. The normalized spacial score (nSPS) is 50.5. The Morgan fingerprint density at radius 3 is 2.54 bits per heavy atom. The number of esters is 1. The Bertz CT molecular complexity index is 613. The van der Waals surface area contributed by atoms with Gasteiger partial charge in [0.15, 0.2) is 0 Å². The highest BCUT2D eigenvalue weighted by Crippen LogP contribution is 2.66. The van der Waals surface area contributed by atoms with Crippen LogP contribution in [0.2, 0.25) is 0 Å². The summed E-state index contributed by atoms with van der Waals surface area (Å²) in [6.07, 6.45) is 11.0. The number of hydrogen-bond acceptors (Lipinski definition) is 3. The van der Waals surface area contributed by atoms with E-state index in [0.29, 0.717) is 23.0 Å². The number of carbonyl (C=O) groups is 2. The van der Waals surface area contributed by atoms with Gasteiger partial charge in [-0.05, 0) is 86.9 Å². The predicted octanol–water partition coefficient (Wildman–Crippen LogP) is 5.31. The average molecular weight is 361 g/mol. The summed E-state index contributed by atoms with van der Waals surface area (Å²) >= 11 is 0. The van der Waals surface area contributed by atoms with E-state index in [1.54, 1.807) is 6.92 Å². The highest BCUT2D eigenvalue weighted by atomic mass is 16.6. The number of carbonyl (C=O) groups excluding carboxylic acids is 2. The second-order valence-corrected chi connectivity index (χ2v) is 10.4.